The largest absolute Gasteiger partial charge is 0.480 e. The first-order chi connectivity index (χ1) is 16.9. The normalized spacial score (nSPS) is 25.2. The Bertz CT molecular complexity index is 1090. The van der Waals surface area contributed by atoms with Gasteiger partial charge >= 0.3 is 12.1 Å². The Morgan fingerprint density at radius 1 is 0.971 bits per heavy atom. The van der Waals surface area contributed by atoms with E-state index in [1.54, 1.807) is 0 Å². The number of ether oxygens (including phenoxy) is 1. The van der Waals surface area contributed by atoms with Gasteiger partial charge in [-0.1, -0.05) is 48.5 Å². The number of carboxylic acids is 1. The Balaban J connectivity index is 1.12. The summed E-state index contributed by atoms with van der Waals surface area (Å²) in [5, 5.41) is 22.0. The molecule has 1 aliphatic heterocycles. The van der Waals surface area contributed by atoms with E-state index in [-0.39, 0.29) is 49.8 Å². The molecule has 1 saturated carbocycles. The molecule has 8 heteroatoms. The van der Waals surface area contributed by atoms with Gasteiger partial charge in [-0.05, 0) is 47.4 Å². The molecule has 184 valence electrons. The highest BCUT2D eigenvalue weighted by Gasteiger charge is 2.40. The molecule has 1 saturated heterocycles. The molecule has 2 amide bonds. The second-order valence-corrected chi connectivity index (χ2v) is 9.84. The summed E-state index contributed by atoms with van der Waals surface area (Å²) in [6, 6.07) is 15.3. The summed E-state index contributed by atoms with van der Waals surface area (Å²) < 4.78 is 5.63. The molecule has 5 rings (SSSR count). The number of fused-ring (bicyclic) bond motifs is 3. The number of rotatable bonds is 6. The zero-order valence-corrected chi connectivity index (χ0v) is 19.4. The molecule has 2 fully saturated rings. The average Bonchev–Trinajstić information content (AvgIpc) is 3.53. The third kappa shape index (κ3) is 4.75. The molecule has 2 aliphatic carbocycles. The maximum atomic E-state index is 12.7. The minimum Gasteiger partial charge on any atom is -0.480 e. The summed E-state index contributed by atoms with van der Waals surface area (Å²) in [6.07, 6.45) is 1.19. The second kappa shape index (κ2) is 9.70. The molecule has 0 radical (unpaired) electrons. The van der Waals surface area contributed by atoms with Gasteiger partial charge in [-0.2, -0.15) is 0 Å². The van der Waals surface area contributed by atoms with Gasteiger partial charge in [0.1, 0.15) is 12.6 Å². The van der Waals surface area contributed by atoms with E-state index in [2.05, 4.69) is 29.6 Å². The Morgan fingerprint density at radius 2 is 1.63 bits per heavy atom. The zero-order chi connectivity index (χ0) is 24.5. The van der Waals surface area contributed by atoms with Crippen LogP contribution in [0.15, 0.2) is 48.5 Å². The van der Waals surface area contributed by atoms with E-state index in [1.807, 2.05) is 24.3 Å². The minimum atomic E-state index is -1.09. The van der Waals surface area contributed by atoms with Crippen LogP contribution in [0.3, 0.4) is 0 Å². The van der Waals surface area contributed by atoms with Crippen molar-refractivity contribution in [1.29, 1.82) is 0 Å². The number of carbonyl (C=O) groups excluding carboxylic acids is 2. The first-order valence-corrected chi connectivity index (χ1v) is 12.2. The van der Waals surface area contributed by atoms with Crippen LogP contribution in [0.25, 0.3) is 11.1 Å². The van der Waals surface area contributed by atoms with Crippen molar-refractivity contribution in [2.45, 2.75) is 56.2 Å². The van der Waals surface area contributed by atoms with Crippen LogP contribution in [0, 0.1) is 5.92 Å². The van der Waals surface area contributed by atoms with Crippen molar-refractivity contribution < 1.29 is 29.3 Å². The number of aliphatic carboxylic acids is 1. The highest BCUT2D eigenvalue weighted by atomic mass is 16.5. The Morgan fingerprint density at radius 3 is 2.29 bits per heavy atom. The van der Waals surface area contributed by atoms with Crippen LogP contribution in [0.5, 0.6) is 0 Å². The monoisotopic (exact) mass is 478 g/mol. The third-order valence-electron chi connectivity index (χ3n) is 7.55. The number of amides is 2. The summed E-state index contributed by atoms with van der Waals surface area (Å²) in [5.41, 5.74) is 4.67. The van der Waals surface area contributed by atoms with Crippen molar-refractivity contribution >= 4 is 18.0 Å². The van der Waals surface area contributed by atoms with Crippen molar-refractivity contribution in [2.75, 3.05) is 13.2 Å². The third-order valence-corrected chi connectivity index (χ3v) is 7.55. The minimum absolute atomic E-state index is 0.0000843. The molecule has 0 aromatic heterocycles. The highest BCUT2D eigenvalue weighted by Crippen LogP contribution is 2.44. The number of hydrogen-bond donors (Lipinski definition) is 3. The molecule has 3 aliphatic rings. The molecule has 0 unspecified atom stereocenters. The lowest BCUT2D eigenvalue weighted by Crippen LogP contribution is -2.41. The van der Waals surface area contributed by atoms with Crippen molar-refractivity contribution in [3.8, 4) is 11.1 Å². The number of nitrogens with zero attached hydrogens (tertiary/aromatic N) is 1. The SMILES string of the molecule is O=C(N[C@H]1CC[C@@H](CC(=O)N2C[C@H](O)C[C@H]2C(=O)O)C1)OCC1c2ccccc2-c2ccccc21. The maximum Gasteiger partial charge on any atom is 0.407 e. The molecular weight excluding hydrogens is 448 g/mol. The van der Waals surface area contributed by atoms with Gasteiger partial charge in [0, 0.05) is 31.3 Å². The van der Waals surface area contributed by atoms with Crippen LogP contribution >= 0.6 is 0 Å². The number of carbonyl (C=O) groups is 3. The van der Waals surface area contributed by atoms with Gasteiger partial charge in [-0.25, -0.2) is 9.59 Å². The predicted molar refractivity (Wildman–Crippen MR) is 128 cm³/mol. The zero-order valence-electron chi connectivity index (χ0n) is 19.4. The summed E-state index contributed by atoms with van der Waals surface area (Å²) >= 11 is 0. The molecule has 0 spiro atoms. The van der Waals surface area contributed by atoms with Crippen molar-refractivity contribution in [1.82, 2.24) is 10.2 Å². The fraction of sp³-hybridized carbons (Fsp3) is 0.444. The van der Waals surface area contributed by atoms with Gasteiger partial charge < -0.3 is 25.2 Å². The van der Waals surface area contributed by atoms with Gasteiger partial charge in [-0.15, -0.1) is 0 Å². The van der Waals surface area contributed by atoms with Gasteiger partial charge in [0.25, 0.3) is 0 Å². The van der Waals surface area contributed by atoms with E-state index in [4.69, 9.17) is 4.74 Å². The first-order valence-electron chi connectivity index (χ1n) is 12.2. The van der Waals surface area contributed by atoms with Crippen LogP contribution in [0.2, 0.25) is 0 Å². The van der Waals surface area contributed by atoms with Crippen molar-refractivity contribution in [3.63, 3.8) is 0 Å². The summed E-state index contributed by atoms with van der Waals surface area (Å²) in [4.78, 5) is 37.9. The highest BCUT2D eigenvalue weighted by molar-refractivity contribution is 5.84. The number of aliphatic hydroxyl groups is 1. The fourth-order valence-electron chi connectivity index (χ4n) is 5.89. The van der Waals surface area contributed by atoms with E-state index in [0.717, 1.165) is 24.0 Å². The van der Waals surface area contributed by atoms with Crippen molar-refractivity contribution in [2.24, 2.45) is 5.92 Å². The molecule has 2 aromatic carbocycles. The lowest BCUT2D eigenvalue weighted by Gasteiger charge is -2.23. The van der Waals surface area contributed by atoms with E-state index in [9.17, 15) is 24.6 Å². The van der Waals surface area contributed by atoms with Crippen LogP contribution < -0.4 is 5.32 Å². The topological polar surface area (TPSA) is 116 Å². The van der Waals surface area contributed by atoms with Crippen LogP contribution in [0.1, 0.15) is 49.1 Å². The Kier molecular flexibility index (Phi) is 6.47. The smallest absolute Gasteiger partial charge is 0.407 e. The quantitative estimate of drug-likeness (QED) is 0.588. The van der Waals surface area contributed by atoms with E-state index in [1.165, 1.54) is 16.0 Å². The Hall–Kier alpha value is -3.39. The number of benzene rings is 2. The molecule has 4 atom stereocenters. The average molecular weight is 479 g/mol. The van der Waals surface area contributed by atoms with Gasteiger partial charge in [-0.3, -0.25) is 4.79 Å². The molecule has 0 bridgehead atoms. The lowest BCUT2D eigenvalue weighted by atomic mass is 9.98. The first kappa shape index (κ1) is 23.4. The number of hydrogen-bond acceptors (Lipinski definition) is 5. The molecule has 1 heterocycles. The lowest BCUT2D eigenvalue weighted by molar-refractivity contribution is -0.148. The Labute approximate surface area is 203 Å². The molecule has 8 nitrogen and oxygen atoms in total. The van der Waals surface area contributed by atoms with Crippen LogP contribution in [-0.2, 0) is 14.3 Å². The fourth-order valence-corrected chi connectivity index (χ4v) is 5.89. The second-order valence-electron chi connectivity index (χ2n) is 9.84. The number of carboxylic acid groups (broad SMARTS) is 1. The maximum absolute atomic E-state index is 12.7. The predicted octanol–water partition coefficient (Wildman–Crippen LogP) is 3.13. The molecule has 35 heavy (non-hydrogen) atoms. The number of likely N-dealkylation sites (tertiary alicyclic amines) is 1. The van der Waals surface area contributed by atoms with E-state index < -0.39 is 24.2 Å². The van der Waals surface area contributed by atoms with Crippen LogP contribution in [0.4, 0.5) is 4.79 Å². The number of aliphatic hydroxyl groups excluding tert-OH is 1. The molecular formula is C27H30N2O6. The van der Waals surface area contributed by atoms with Crippen LogP contribution in [-0.4, -0.2) is 64.4 Å². The summed E-state index contributed by atoms with van der Waals surface area (Å²) in [7, 11) is 0. The molecule has 2 aromatic rings. The summed E-state index contributed by atoms with van der Waals surface area (Å²) in [6.45, 7) is 0.312. The number of β-amino-alcohol motifs (C(OH)–C–C–N with tert-alkyl or cyclic N) is 1. The number of alkyl carbamates (subject to hydrolysis) is 1. The van der Waals surface area contributed by atoms with Gasteiger partial charge in [0.05, 0.1) is 6.10 Å². The van der Waals surface area contributed by atoms with E-state index >= 15 is 0 Å². The van der Waals surface area contributed by atoms with Gasteiger partial charge in [0.2, 0.25) is 5.91 Å². The number of nitrogens with one attached hydrogen (secondary N) is 1. The summed E-state index contributed by atoms with van der Waals surface area (Å²) in [5.74, 6) is -1.27. The van der Waals surface area contributed by atoms with E-state index in [0.29, 0.717) is 6.42 Å². The van der Waals surface area contributed by atoms with Crippen molar-refractivity contribution in [3.05, 3.63) is 59.7 Å². The van der Waals surface area contributed by atoms with Gasteiger partial charge in [0.15, 0.2) is 0 Å². The standard InChI is InChI=1S/C27H30N2O6/c30-18-13-24(26(32)33)29(14-18)25(31)12-16-9-10-17(11-16)28-27(34)35-15-23-21-7-3-1-5-19(21)20-6-2-4-8-22(20)23/h1-8,16-18,23-24,30H,9-15H2,(H,28,34)(H,32,33)/t16-,17+,18-,24+/m1/s1. The molecule has 3 N–H and O–H groups in total.